The van der Waals surface area contributed by atoms with Crippen LogP contribution in [-0.4, -0.2) is 18.9 Å². The minimum atomic E-state index is -0.474. The molecule has 0 aliphatic heterocycles. The van der Waals surface area contributed by atoms with Crippen LogP contribution in [0, 0.1) is 46.3 Å². The molecule has 8 atom stereocenters. The van der Waals surface area contributed by atoms with E-state index in [4.69, 9.17) is 9.47 Å². The summed E-state index contributed by atoms with van der Waals surface area (Å²) in [7, 11) is 0. The van der Waals surface area contributed by atoms with Crippen molar-refractivity contribution < 1.29 is 14.3 Å². The van der Waals surface area contributed by atoms with Crippen molar-refractivity contribution in [3.8, 4) is 0 Å². The lowest BCUT2D eigenvalue weighted by Crippen LogP contribution is -2.51. The third kappa shape index (κ3) is 4.96. The molecule has 34 heavy (non-hydrogen) atoms. The first-order chi connectivity index (χ1) is 16.2. The largest absolute Gasteiger partial charge is 0.508 e. The number of carbonyl (C=O) groups is 1. The van der Waals surface area contributed by atoms with Crippen molar-refractivity contribution in [2.45, 2.75) is 125 Å². The van der Waals surface area contributed by atoms with Crippen LogP contribution in [0.25, 0.3) is 0 Å². The van der Waals surface area contributed by atoms with Crippen LogP contribution in [0.5, 0.6) is 0 Å². The number of rotatable bonds is 8. The van der Waals surface area contributed by atoms with Crippen LogP contribution >= 0.6 is 0 Å². The highest BCUT2D eigenvalue weighted by atomic mass is 16.7. The molecule has 3 heteroatoms. The van der Waals surface area contributed by atoms with Gasteiger partial charge in [-0.25, -0.2) is 4.79 Å². The average molecular weight is 473 g/mol. The van der Waals surface area contributed by atoms with Gasteiger partial charge in [0, 0.05) is 6.42 Å². The van der Waals surface area contributed by atoms with Gasteiger partial charge in [-0.3, -0.25) is 0 Å². The maximum Gasteiger partial charge on any atom is 0.508 e. The van der Waals surface area contributed by atoms with Gasteiger partial charge in [-0.1, -0.05) is 72.5 Å². The van der Waals surface area contributed by atoms with Crippen LogP contribution in [0.4, 0.5) is 4.79 Å². The van der Waals surface area contributed by atoms with E-state index in [2.05, 4.69) is 40.7 Å². The fourth-order valence-electron chi connectivity index (χ4n) is 9.11. The molecule has 0 aromatic rings. The smallest absolute Gasteiger partial charge is 0.434 e. The fourth-order valence-corrected chi connectivity index (χ4v) is 9.11. The van der Waals surface area contributed by atoms with Crippen LogP contribution in [0.1, 0.15) is 119 Å². The summed E-state index contributed by atoms with van der Waals surface area (Å²) in [6.07, 6.45) is 17.2. The summed E-state index contributed by atoms with van der Waals surface area (Å²) in [5.74, 6) is 5.19. The van der Waals surface area contributed by atoms with E-state index in [9.17, 15) is 4.79 Å². The molecule has 194 valence electrons. The number of fused-ring (bicyclic) bond motifs is 5. The van der Waals surface area contributed by atoms with Gasteiger partial charge in [-0.2, -0.15) is 0 Å². The lowest BCUT2D eigenvalue weighted by Gasteiger charge is -2.58. The van der Waals surface area contributed by atoms with Gasteiger partial charge in [-0.15, -0.1) is 0 Å². The van der Waals surface area contributed by atoms with E-state index < -0.39 is 6.16 Å². The normalized spacial score (nSPS) is 40.1. The number of carbonyl (C=O) groups excluding carboxylic acids is 1. The molecule has 4 rings (SSSR count). The monoisotopic (exact) mass is 472 g/mol. The van der Waals surface area contributed by atoms with Crippen molar-refractivity contribution in [2.75, 3.05) is 6.61 Å². The SMILES string of the molecule is CCCOC(=O)O[C@@H]1CC[C@@]2(C)C(=CC[C@H]3[C@@H]4CC[C@H]([C@H](C)CCCC(C)C)[C@@]4(C)CC[C@@H]32)C1. The lowest BCUT2D eigenvalue weighted by molar-refractivity contribution is -0.0616. The quantitative estimate of drug-likeness (QED) is 0.261. The van der Waals surface area contributed by atoms with Gasteiger partial charge in [0.05, 0.1) is 6.61 Å². The zero-order chi connectivity index (χ0) is 24.5. The molecule has 0 saturated heterocycles. The summed E-state index contributed by atoms with van der Waals surface area (Å²) >= 11 is 0. The molecule has 0 heterocycles. The van der Waals surface area contributed by atoms with Crippen molar-refractivity contribution in [1.29, 1.82) is 0 Å². The Labute approximate surface area is 209 Å². The number of hydrogen-bond donors (Lipinski definition) is 0. The van der Waals surface area contributed by atoms with Crippen molar-refractivity contribution >= 4 is 6.16 Å². The molecule has 4 aliphatic rings. The molecular formula is C31H52O3. The molecule has 0 N–H and O–H groups in total. The maximum atomic E-state index is 12.0. The number of ether oxygens (including phenoxy) is 2. The van der Waals surface area contributed by atoms with Gasteiger partial charge in [0.25, 0.3) is 0 Å². The fraction of sp³-hybridized carbons (Fsp3) is 0.903. The third-order valence-corrected chi connectivity index (χ3v) is 10.9. The Hall–Kier alpha value is -0.990. The van der Waals surface area contributed by atoms with E-state index >= 15 is 0 Å². The minimum Gasteiger partial charge on any atom is -0.434 e. The molecule has 0 unspecified atom stereocenters. The maximum absolute atomic E-state index is 12.0. The summed E-state index contributed by atoms with van der Waals surface area (Å²) in [5.41, 5.74) is 2.43. The molecule has 0 radical (unpaired) electrons. The number of allylic oxidation sites excluding steroid dienone is 1. The van der Waals surface area contributed by atoms with E-state index in [0.717, 1.165) is 61.2 Å². The van der Waals surface area contributed by atoms with Crippen molar-refractivity contribution in [3.63, 3.8) is 0 Å². The Bertz CT molecular complexity index is 741. The molecule has 0 aromatic carbocycles. The van der Waals surface area contributed by atoms with Gasteiger partial charge < -0.3 is 9.47 Å². The highest BCUT2D eigenvalue weighted by Crippen LogP contribution is 2.67. The van der Waals surface area contributed by atoms with Crippen molar-refractivity contribution in [2.24, 2.45) is 46.3 Å². The lowest BCUT2D eigenvalue weighted by atomic mass is 9.47. The zero-order valence-electron chi connectivity index (χ0n) is 23.0. The first-order valence-corrected chi connectivity index (χ1v) is 14.7. The molecule has 3 nitrogen and oxygen atoms in total. The first kappa shape index (κ1) is 26.1. The molecule has 0 aromatic heterocycles. The second-order valence-electron chi connectivity index (χ2n) is 13.4. The highest BCUT2D eigenvalue weighted by molar-refractivity contribution is 5.60. The highest BCUT2D eigenvalue weighted by Gasteiger charge is 2.59. The topological polar surface area (TPSA) is 35.5 Å². The summed E-state index contributed by atoms with van der Waals surface area (Å²) in [6, 6.07) is 0. The van der Waals surface area contributed by atoms with E-state index in [1.807, 2.05) is 6.92 Å². The van der Waals surface area contributed by atoms with Crippen LogP contribution in [0.3, 0.4) is 0 Å². The van der Waals surface area contributed by atoms with Crippen LogP contribution in [-0.2, 0) is 9.47 Å². The van der Waals surface area contributed by atoms with Crippen molar-refractivity contribution in [1.82, 2.24) is 0 Å². The predicted octanol–water partition coefficient (Wildman–Crippen LogP) is 8.96. The van der Waals surface area contributed by atoms with E-state index in [-0.39, 0.29) is 6.10 Å². The third-order valence-electron chi connectivity index (χ3n) is 10.9. The molecular weight excluding hydrogens is 420 g/mol. The Morgan fingerprint density at radius 1 is 1.06 bits per heavy atom. The molecule has 0 bridgehead atoms. The Kier molecular flexibility index (Phi) is 8.10. The van der Waals surface area contributed by atoms with Gasteiger partial charge in [-0.05, 0) is 97.7 Å². The van der Waals surface area contributed by atoms with E-state index in [1.165, 1.54) is 51.4 Å². The second-order valence-corrected chi connectivity index (χ2v) is 13.4. The Balaban J connectivity index is 1.41. The van der Waals surface area contributed by atoms with Gasteiger partial charge in [0.15, 0.2) is 0 Å². The molecule has 4 aliphatic carbocycles. The minimum absolute atomic E-state index is 0.00311. The standard InChI is InChI=1S/C31H52O3/c1-7-19-33-29(32)34-24-15-17-30(5)23(20-24)11-12-25-27-14-13-26(22(4)10-8-9-21(2)3)31(27,6)18-16-28(25)30/h11,21-22,24-28H,7-10,12-20H2,1-6H3/t22-,24-,25+,26-,27+,28+,30+,31-/m1/s1. The zero-order valence-corrected chi connectivity index (χ0v) is 23.0. The molecule has 0 spiro atoms. The summed E-state index contributed by atoms with van der Waals surface area (Å²) in [6.45, 7) is 15.0. The van der Waals surface area contributed by atoms with Crippen LogP contribution in [0.2, 0.25) is 0 Å². The van der Waals surface area contributed by atoms with Gasteiger partial charge in [0.1, 0.15) is 6.10 Å². The van der Waals surface area contributed by atoms with Crippen LogP contribution in [0.15, 0.2) is 11.6 Å². The van der Waals surface area contributed by atoms with Gasteiger partial charge >= 0.3 is 6.16 Å². The average Bonchev–Trinajstić information content (AvgIpc) is 3.15. The number of hydrogen-bond acceptors (Lipinski definition) is 3. The Morgan fingerprint density at radius 3 is 2.59 bits per heavy atom. The molecule has 3 fully saturated rings. The molecule has 0 amide bonds. The summed E-state index contributed by atoms with van der Waals surface area (Å²) < 4.78 is 10.9. The van der Waals surface area contributed by atoms with E-state index in [0.29, 0.717) is 17.4 Å². The summed E-state index contributed by atoms with van der Waals surface area (Å²) in [4.78, 5) is 12.0. The first-order valence-electron chi connectivity index (χ1n) is 14.7. The van der Waals surface area contributed by atoms with Crippen molar-refractivity contribution in [3.05, 3.63) is 11.6 Å². The second kappa shape index (κ2) is 10.6. The predicted molar refractivity (Wildman–Crippen MR) is 140 cm³/mol. The molecule has 3 saturated carbocycles. The van der Waals surface area contributed by atoms with Gasteiger partial charge in [0.2, 0.25) is 0 Å². The Morgan fingerprint density at radius 2 is 1.85 bits per heavy atom. The van der Waals surface area contributed by atoms with E-state index in [1.54, 1.807) is 5.57 Å². The summed E-state index contributed by atoms with van der Waals surface area (Å²) in [5, 5.41) is 0. The van der Waals surface area contributed by atoms with Crippen LogP contribution < -0.4 is 0 Å².